The summed E-state index contributed by atoms with van der Waals surface area (Å²) in [6.07, 6.45) is 1.08. The summed E-state index contributed by atoms with van der Waals surface area (Å²) in [4.78, 5) is 26.5. The van der Waals surface area contributed by atoms with E-state index in [1.807, 2.05) is 4.98 Å². The number of methoxy groups -OCH3 is 2. The van der Waals surface area contributed by atoms with Gasteiger partial charge < -0.3 is 14.6 Å². The lowest BCUT2D eigenvalue weighted by Crippen LogP contribution is -2.25. The van der Waals surface area contributed by atoms with Crippen molar-refractivity contribution in [1.29, 1.82) is 0 Å². The minimum Gasteiger partial charge on any atom is -0.497 e. The molecular formula is C13H14N4O5. The lowest BCUT2D eigenvalue weighted by molar-refractivity contribution is 0.395. The van der Waals surface area contributed by atoms with Crippen LogP contribution in [0.2, 0.25) is 0 Å². The Balaban J connectivity index is 2.23. The topological polar surface area (TPSA) is 129 Å². The molecule has 0 spiro atoms. The minimum atomic E-state index is -0.801. The van der Waals surface area contributed by atoms with Gasteiger partial charge in [0.15, 0.2) is 0 Å². The highest BCUT2D eigenvalue weighted by molar-refractivity contribution is 5.82. The summed E-state index contributed by atoms with van der Waals surface area (Å²) in [5.74, 6) is 0.526. The van der Waals surface area contributed by atoms with Crippen LogP contribution in [-0.2, 0) is 0 Å². The van der Waals surface area contributed by atoms with Crippen LogP contribution in [0.4, 0.5) is 5.69 Å². The van der Waals surface area contributed by atoms with E-state index >= 15 is 0 Å². The van der Waals surface area contributed by atoms with E-state index in [1.165, 1.54) is 14.2 Å². The summed E-state index contributed by atoms with van der Waals surface area (Å²) in [5, 5.41) is 13.3. The van der Waals surface area contributed by atoms with Crippen LogP contribution in [0.5, 0.6) is 17.4 Å². The minimum absolute atomic E-state index is 0.181. The molecule has 116 valence electrons. The van der Waals surface area contributed by atoms with Gasteiger partial charge in [0.05, 0.1) is 26.1 Å². The molecule has 9 heteroatoms. The monoisotopic (exact) mass is 306 g/mol. The molecule has 0 aliphatic rings. The van der Waals surface area contributed by atoms with E-state index in [4.69, 9.17) is 9.47 Å². The molecule has 4 N–H and O–H groups in total. The summed E-state index contributed by atoms with van der Waals surface area (Å²) in [5.41, 5.74) is 1.46. The zero-order valence-electron chi connectivity index (χ0n) is 11.8. The fraction of sp³-hybridized carbons (Fsp3) is 0.154. The molecule has 0 aliphatic heterocycles. The normalized spacial score (nSPS) is 10.6. The van der Waals surface area contributed by atoms with Gasteiger partial charge in [0.1, 0.15) is 17.1 Å². The molecule has 0 unspecified atom stereocenters. The Labute approximate surface area is 124 Å². The fourth-order valence-corrected chi connectivity index (χ4v) is 1.66. The van der Waals surface area contributed by atoms with E-state index in [1.54, 1.807) is 18.2 Å². The highest BCUT2D eigenvalue weighted by Crippen LogP contribution is 2.28. The maximum Gasteiger partial charge on any atom is 0.328 e. The van der Waals surface area contributed by atoms with Gasteiger partial charge >= 0.3 is 5.69 Å². The molecule has 0 aliphatic carbocycles. The molecule has 9 nitrogen and oxygen atoms in total. The number of nitrogens with zero attached hydrogens (tertiary/aromatic N) is 1. The Morgan fingerprint density at radius 1 is 1.23 bits per heavy atom. The van der Waals surface area contributed by atoms with Crippen LogP contribution in [0.3, 0.4) is 0 Å². The third kappa shape index (κ3) is 3.26. The molecule has 0 amide bonds. The van der Waals surface area contributed by atoms with Crippen molar-refractivity contribution in [2.45, 2.75) is 0 Å². The maximum absolute atomic E-state index is 11.5. The molecule has 2 aromatic rings. The highest BCUT2D eigenvalue weighted by Gasteiger charge is 2.06. The van der Waals surface area contributed by atoms with Gasteiger partial charge in [-0.25, -0.2) is 4.79 Å². The second-order valence-electron chi connectivity index (χ2n) is 4.11. The van der Waals surface area contributed by atoms with Crippen LogP contribution in [0.15, 0.2) is 32.9 Å². The smallest absolute Gasteiger partial charge is 0.328 e. The van der Waals surface area contributed by atoms with Gasteiger partial charge in [-0.2, -0.15) is 5.10 Å². The zero-order valence-corrected chi connectivity index (χ0v) is 11.8. The van der Waals surface area contributed by atoms with Crippen LogP contribution in [0, 0.1) is 0 Å². The Kier molecular flexibility index (Phi) is 4.47. The molecule has 0 saturated carbocycles. The van der Waals surface area contributed by atoms with E-state index in [2.05, 4.69) is 15.5 Å². The number of hydrogen-bond acceptors (Lipinski definition) is 7. The van der Waals surface area contributed by atoms with E-state index in [0.29, 0.717) is 17.2 Å². The lowest BCUT2D eigenvalue weighted by atomic mass is 10.3. The number of hydrogen-bond donors (Lipinski definition) is 4. The van der Waals surface area contributed by atoms with Crippen molar-refractivity contribution in [3.63, 3.8) is 0 Å². The molecule has 1 heterocycles. The van der Waals surface area contributed by atoms with Gasteiger partial charge in [0.25, 0.3) is 5.56 Å². The molecule has 0 fully saturated rings. The number of aromatic amines is 2. The first-order valence-corrected chi connectivity index (χ1v) is 6.12. The largest absolute Gasteiger partial charge is 0.497 e. The molecule has 0 radical (unpaired) electrons. The number of anilines is 1. The predicted octanol–water partition coefficient (Wildman–Crippen LogP) is 0.232. The lowest BCUT2D eigenvalue weighted by Gasteiger charge is -2.09. The van der Waals surface area contributed by atoms with Crippen molar-refractivity contribution in [2.75, 3.05) is 19.6 Å². The first-order valence-electron chi connectivity index (χ1n) is 6.12. The highest BCUT2D eigenvalue weighted by atomic mass is 16.5. The summed E-state index contributed by atoms with van der Waals surface area (Å²) < 4.78 is 10.2. The van der Waals surface area contributed by atoms with Gasteiger partial charge in [-0.15, -0.1) is 0 Å². The number of hydrazone groups is 1. The molecule has 1 aromatic heterocycles. The first-order chi connectivity index (χ1) is 10.5. The standard InChI is InChI=1S/C13H14N4O5/c1-21-7-3-4-9(10(5-7)22-2)17-14-6-8-11(18)15-13(20)16-12(8)19/h3-6,17H,1-2H3,(H3,15,16,18,19,20). The number of ether oxygens (including phenoxy) is 2. The van der Waals surface area contributed by atoms with Crippen LogP contribution in [0.1, 0.15) is 5.56 Å². The fourth-order valence-electron chi connectivity index (χ4n) is 1.66. The number of nitrogens with one attached hydrogen (secondary N) is 3. The van der Waals surface area contributed by atoms with Crippen molar-refractivity contribution in [2.24, 2.45) is 5.10 Å². The zero-order chi connectivity index (χ0) is 16.1. The Bertz CT molecular complexity index is 809. The van der Waals surface area contributed by atoms with Crippen LogP contribution >= 0.6 is 0 Å². The number of rotatable bonds is 5. The molecule has 0 saturated heterocycles. The van der Waals surface area contributed by atoms with Gasteiger partial charge in [0.2, 0.25) is 5.88 Å². The van der Waals surface area contributed by atoms with Crippen molar-refractivity contribution >= 4 is 11.9 Å². The van der Waals surface area contributed by atoms with Crippen molar-refractivity contribution < 1.29 is 14.6 Å². The maximum atomic E-state index is 11.5. The number of aromatic hydroxyl groups is 1. The Morgan fingerprint density at radius 3 is 2.64 bits per heavy atom. The quantitative estimate of drug-likeness (QED) is 0.462. The second kappa shape index (κ2) is 6.48. The van der Waals surface area contributed by atoms with E-state index in [0.717, 1.165) is 6.21 Å². The molecule has 0 atom stereocenters. The van der Waals surface area contributed by atoms with Crippen molar-refractivity contribution in [3.8, 4) is 17.4 Å². The molecule has 1 aromatic carbocycles. The van der Waals surface area contributed by atoms with Crippen molar-refractivity contribution in [3.05, 3.63) is 44.6 Å². The average Bonchev–Trinajstić information content (AvgIpc) is 2.49. The van der Waals surface area contributed by atoms with E-state index in [9.17, 15) is 14.7 Å². The molecular weight excluding hydrogens is 292 g/mol. The summed E-state index contributed by atoms with van der Waals surface area (Å²) in [7, 11) is 3.02. The Morgan fingerprint density at radius 2 is 2.00 bits per heavy atom. The van der Waals surface area contributed by atoms with Crippen LogP contribution < -0.4 is 26.1 Å². The summed E-state index contributed by atoms with van der Waals surface area (Å²) >= 11 is 0. The third-order valence-corrected chi connectivity index (χ3v) is 2.75. The number of benzene rings is 1. The average molecular weight is 306 g/mol. The van der Waals surface area contributed by atoms with Crippen molar-refractivity contribution in [1.82, 2.24) is 9.97 Å². The predicted molar refractivity (Wildman–Crippen MR) is 80.1 cm³/mol. The van der Waals surface area contributed by atoms with Gasteiger partial charge in [-0.1, -0.05) is 0 Å². The first kappa shape index (κ1) is 15.2. The molecule has 22 heavy (non-hydrogen) atoms. The number of aromatic nitrogens is 2. The molecule has 0 bridgehead atoms. The summed E-state index contributed by atoms with van der Waals surface area (Å²) in [6.45, 7) is 0. The summed E-state index contributed by atoms with van der Waals surface area (Å²) in [6, 6.07) is 5.03. The van der Waals surface area contributed by atoms with Crippen LogP contribution in [0.25, 0.3) is 0 Å². The number of H-pyrrole nitrogens is 2. The molecule has 2 rings (SSSR count). The van der Waals surface area contributed by atoms with Gasteiger partial charge in [0, 0.05) is 6.07 Å². The van der Waals surface area contributed by atoms with Crippen LogP contribution in [-0.4, -0.2) is 35.5 Å². The Hall–Kier alpha value is -3.23. The van der Waals surface area contributed by atoms with Gasteiger partial charge in [-0.3, -0.25) is 20.2 Å². The van der Waals surface area contributed by atoms with E-state index in [-0.39, 0.29) is 5.56 Å². The van der Waals surface area contributed by atoms with Gasteiger partial charge in [-0.05, 0) is 12.1 Å². The third-order valence-electron chi connectivity index (χ3n) is 2.75. The second-order valence-corrected chi connectivity index (χ2v) is 4.11. The SMILES string of the molecule is COc1ccc(NN=Cc2c(O)[nH]c(=O)[nH]c2=O)c(OC)c1. The van der Waals surface area contributed by atoms with E-state index < -0.39 is 17.1 Å².